The van der Waals surface area contributed by atoms with Crippen LogP contribution in [-0.4, -0.2) is 38.7 Å². The standard InChI is InChI=1S/C20H23NO5/c1-15-5-3-4-6-18(15)25-14-20(23)26-13-19(22)21-12-11-16-7-9-17(24-2)10-8-16/h3-10H,11-14H2,1-2H3,(H,21,22). The Kier molecular flexibility index (Phi) is 7.49. The molecule has 6 heteroatoms. The lowest BCUT2D eigenvalue weighted by Crippen LogP contribution is -2.31. The van der Waals surface area contributed by atoms with Crippen molar-refractivity contribution in [1.29, 1.82) is 0 Å². The molecule has 0 aliphatic heterocycles. The number of hydrogen-bond donors (Lipinski definition) is 1. The zero-order valence-electron chi connectivity index (χ0n) is 15.0. The summed E-state index contributed by atoms with van der Waals surface area (Å²) in [5.74, 6) is 0.479. The predicted molar refractivity (Wildman–Crippen MR) is 97.3 cm³/mol. The van der Waals surface area contributed by atoms with Crippen LogP contribution in [0.1, 0.15) is 11.1 Å². The number of para-hydroxylation sites is 1. The topological polar surface area (TPSA) is 73.9 Å². The lowest BCUT2D eigenvalue weighted by atomic mass is 10.1. The second-order valence-corrected chi connectivity index (χ2v) is 5.66. The molecule has 0 spiro atoms. The summed E-state index contributed by atoms with van der Waals surface area (Å²) in [5, 5.41) is 2.71. The molecular weight excluding hydrogens is 334 g/mol. The number of carbonyl (C=O) groups excluding carboxylic acids is 2. The molecule has 0 fully saturated rings. The molecule has 0 aromatic heterocycles. The summed E-state index contributed by atoms with van der Waals surface area (Å²) in [6.45, 7) is 1.79. The molecule has 2 aromatic rings. The van der Waals surface area contributed by atoms with E-state index in [1.807, 2.05) is 49.4 Å². The Morgan fingerprint density at radius 2 is 1.73 bits per heavy atom. The molecule has 0 saturated carbocycles. The normalized spacial score (nSPS) is 10.1. The third-order valence-electron chi connectivity index (χ3n) is 3.70. The largest absolute Gasteiger partial charge is 0.497 e. The van der Waals surface area contributed by atoms with Gasteiger partial charge in [-0.1, -0.05) is 30.3 Å². The molecule has 0 heterocycles. The van der Waals surface area contributed by atoms with Crippen molar-refractivity contribution in [3.05, 3.63) is 59.7 Å². The molecule has 0 unspecified atom stereocenters. The van der Waals surface area contributed by atoms with Crippen LogP contribution in [0.5, 0.6) is 11.5 Å². The molecule has 2 aromatic carbocycles. The first kappa shape index (κ1) is 19.3. The molecule has 26 heavy (non-hydrogen) atoms. The Bertz CT molecular complexity index is 727. The van der Waals surface area contributed by atoms with Gasteiger partial charge in [-0.2, -0.15) is 0 Å². The minimum atomic E-state index is -0.585. The monoisotopic (exact) mass is 357 g/mol. The van der Waals surface area contributed by atoms with Gasteiger partial charge in [0.05, 0.1) is 7.11 Å². The number of esters is 1. The van der Waals surface area contributed by atoms with Crippen LogP contribution in [0.15, 0.2) is 48.5 Å². The van der Waals surface area contributed by atoms with E-state index in [9.17, 15) is 9.59 Å². The minimum absolute atomic E-state index is 0.232. The Balaban J connectivity index is 1.61. The van der Waals surface area contributed by atoms with Crippen molar-refractivity contribution in [2.45, 2.75) is 13.3 Å². The number of benzene rings is 2. The molecule has 0 aliphatic rings. The highest BCUT2D eigenvalue weighted by molar-refractivity contribution is 5.80. The van der Waals surface area contributed by atoms with E-state index in [4.69, 9.17) is 14.2 Å². The number of carbonyl (C=O) groups is 2. The van der Waals surface area contributed by atoms with Crippen molar-refractivity contribution >= 4 is 11.9 Å². The van der Waals surface area contributed by atoms with Crippen molar-refractivity contribution in [3.8, 4) is 11.5 Å². The van der Waals surface area contributed by atoms with Gasteiger partial charge in [0.1, 0.15) is 11.5 Å². The third-order valence-corrected chi connectivity index (χ3v) is 3.70. The maximum absolute atomic E-state index is 11.7. The second kappa shape index (κ2) is 10.1. The summed E-state index contributed by atoms with van der Waals surface area (Å²) in [5.41, 5.74) is 2.01. The SMILES string of the molecule is COc1ccc(CCNC(=O)COC(=O)COc2ccccc2C)cc1. The van der Waals surface area contributed by atoms with Crippen LogP contribution in [0, 0.1) is 6.92 Å². The number of amides is 1. The van der Waals surface area contributed by atoms with Gasteiger partial charge in [0.25, 0.3) is 5.91 Å². The number of aryl methyl sites for hydroxylation is 1. The van der Waals surface area contributed by atoms with Crippen LogP contribution in [0.3, 0.4) is 0 Å². The summed E-state index contributed by atoms with van der Waals surface area (Å²) in [6.07, 6.45) is 0.681. The van der Waals surface area contributed by atoms with Crippen molar-refractivity contribution < 1.29 is 23.8 Å². The molecule has 138 valence electrons. The molecule has 0 radical (unpaired) electrons. The van der Waals surface area contributed by atoms with Crippen LogP contribution in [0.4, 0.5) is 0 Å². The van der Waals surface area contributed by atoms with E-state index in [2.05, 4.69) is 5.32 Å². The maximum Gasteiger partial charge on any atom is 0.344 e. The Morgan fingerprint density at radius 3 is 2.42 bits per heavy atom. The van der Waals surface area contributed by atoms with Crippen molar-refractivity contribution in [2.24, 2.45) is 0 Å². The van der Waals surface area contributed by atoms with Crippen LogP contribution in [0.25, 0.3) is 0 Å². The van der Waals surface area contributed by atoms with Crippen LogP contribution in [-0.2, 0) is 20.7 Å². The first-order valence-electron chi connectivity index (χ1n) is 8.32. The number of methoxy groups -OCH3 is 1. The quantitative estimate of drug-likeness (QED) is 0.697. The lowest BCUT2D eigenvalue weighted by Gasteiger charge is -2.09. The van der Waals surface area contributed by atoms with Crippen molar-refractivity contribution in [1.82, 2.24) is 5.32 Å². The Labute approximate surface area is 153 Å². The minimum Gasteiger partial charge on any atom is -0.497 e. The van der Waals surface area contributed by atoms with E-state index in [-0.39, 0.29) is 19.1 Å². The first-order chi connectivity index (χ1) is 12.6. The summed E-state index contributed by atoms with van der Waals surface area (Å²) >= 11 is 0. The highest BCUT2D eigenvalue weighted by Crippen LogP contribution is 2.15. The fraction of sp³-hybridized carbons (Fsp3) is 0.300. The molecule has 1 amide bonds. The van der Waals surface area contributed by atoms with Gasteiger partial charge in [-0.3, -0.25) is 4.79 Å². The molecule has 6 nitrogen and oxygen atoms in total. The summed E-state index contributed by atoms with van der Waals surface area (Å²) in [4.78, 5) is 23.4. The van der Waals surface area contributed by atoms with Gasteiger partial charge in [-0.25, -0.2) is 4.79 Å². The third kappa shape index (κ3) is 6.47. The van der Waals surface area contributed by atoms with E-state index in [0.717, 1.165) is 16.9 Å². The van der Waals surface area contributed by atoms with Gasteiger partial charge in [-0.05, 0) is 42.7 Å². The van der Waals surface area contributed by atoms with E-state index in [0.29, 0.717) is 18.7 Å². The molecule has 1 N–H and O–H groups in total. The average Bonchev–Trinajstić information content (AvgIpc) is 2.66. The smallest absolute Gasteiger partial charge is 0.344 e. The number of ether oxygens (including phenoxy) is 3. The van der Waals surface area contributed by atoms with Gasteiger partial charge in [0, 0.05) is 6.54 Å². The predicted octanol–water partition coefficient (Wildman–Crippen LogP) is 2.28. The highest BCUT2D eigenvalue weighted by atomic mass is 16.6. The Morgan fingerprint density at radius 1 is 1.00 bits per heavy atom. The fourth-order valence-corrected chi connectivity index (χ4v) is 2.23. The van der Waals surface area contributed by atoms with Gasteiger partial charge in [0.15, 0.2) is 13.2 Å². The van der Waals surface area contributed by atoms with Crippen LogP contribution in [0.2, 0.25) is 0 Å². The van der Waals surface area contributed by atoms with E-state index < -0.39 is 5.97 Å². The van der Waals surface area contributed by atoms with E-state index >= 15 is 0 Å². The van der Waals surface area contributed by atoms with Crippen molar-refractivity contribution in [3.63, 3.8) is 0 Å². The number of hydrogen-bond acceptors (Lipinski definition) is 5. The molecule has 0 aliphatic carbocycles. The molecule has 2 rings (SSSR count). The van der Waals surface area contributed by atoms with Crippen molar-refractivity contribution in [2.75, 3.05) is 26.9 Å². The average molecular weight is 357 g/mol. The number of rotatable bonds is 9. The molecular formula is C20H23NO5. The number of nitrogens with one attached hydrogen (secondary N) is 1. The zero-order chi connectivity index (χ0) is 18.8. The summed E-state index contributed by atoms with van der Waals surface area (Å²) < 4.78 is 15.4. The lowest BCUT2D eigenvalue weighted by molar-refractivity contribution is -0.150. The summed E-state index contributed by atoms with van der Waals surface area (Å²) in [7, 11) is 1.61. The van der Waals surface area contributed by atoms with Crippen LogP contribution >= 0.6 is 0 Å². The molecule has 0 bridgehead atoms. The Hall–Kier alpha value is -3.02. The summed E-state index contributed by atoms with van der Waals surface area (Å²) in [6, 6.07) is 15.0. The fourth-order valence-electron chi connectivity index (χ4n) is 2.23. The van der Waals surface area contributed by atoms with E-state index in [1.54, 1.807) is 13.2 Å². The van der Waals surface area contributed by atoms with E-state index in [1.165, 1.54) is 0 Å². The first-order valence-corrected chi connectivity index (χ1v) is 8.32. The maximum atomic E-state index is 11.7. The zero-order valence-corrected chi connectivity index (χ0v) is 15.0. The van der Waals surface area contributed by atoms with Gasteiger partial charge in [0.2, 0.25) is 0 Å². The second-order valence-electron chi connectivity index (χ2n) is 5.66. The molecule has 0 saturated heterocycles. The highest BCUT2D eigenvalue weighted by Gasteiger charge is 2.09. The molecule has 0 atom stereocenters. The van der Waals surface area contributed by atoms with Gasteiger partial charge >= 0.3 is 5.97 Å². The van der Waals surface area contributed by atoms with Gasteiger partial charge in [-0.15, -0.1) is 0 Å². The van der Waals surface area contributed by atoms with Crippen LogP contribution < -0.4 is 14.8 Å². The van der Waals surface area contributed by atoms with Gasteiger partial charge < -0.3 is 19.5 Å².